The molecule has 6 aromatic carbocycles. The largest absolute Gasteiger partial charge is 0.398 e. The molecular weight excluding hydrogens is 569 g/mol. The maximum Gasteiger partial charge on any atom is 0.0393 e. The van der Waals surface area contributed by atoms with Gasteiger partial charge in [0.15, 0.2) is 0 Å². The lowest BCUT2D eigenvalue weighted by molar-refractivity contribution is 1.45. The predicted molar refractivity (Wildman–Crippen MR) is 208 cm³/mol. The smallest absolute Gasteiger partial charge is 0.0393 e. The number of hydrogen-bond acceptors (Lipinski definition) is 2. The fourth-order valence-electron chi connectivity index (χ4n) is 5.43. The van der Waals surface area contributed by atoms with Crippen LogP contribution in [-0.2, 0) is 0 Å². The average Bonchev–Trinajstić information content (AvgIpc) is 3.11. The van der Waals surface area contributed by atoms with Gasteiger partial charge in [-0.15, -0.1) is 0 Å². The minimum Gasteiger partial charge on any atom is -0.398 e. The van der Waals surface area contributed by atoms with Crippen LogP contribution in [0.3, 0.4) is 0 Å². The number of hydrogen-bond donors (Lipinski definition) is 2. The summed E-state index contributed by atoms with van der Waals surface area (Å²) in [6.07, 6.45) is 2.17. The number of anilines is 1. The fraction of sp³-hybridized carbons (Fsp3) is 0.0889. The Hall–Kier alpha value is -5.73. The molecule has 0 aliphatic carbocycles. The van der Waals surface area contributed by atoms with Gasteiger partial charge in [-0.1, -0.05) is 157 Å². The highest BCUT2D eigenvalue weighted by Crippen LogP contribution is 2.34. The highest BCUT2D eigenvalue weighted by Gasteiger charge is 2.09. The minimum atomic E-state index is 0.788. The summed E-state index contributed by atoms with van der Waals surface area (Å²) in [6, 6.07) is 51.1. The molecule has 0 aliphatic heterocycles. The first-order valence-electron chi connectivity index (χ1n) is 15.8. The van der Waals surface area contributed by atoms with E-state index in [1.807, 2.05) is 25.1 Å². The molecule has 0 fully saturated rings. The Balaban J connectivity index is 0.000000390. The number of nitrogen functional groups attached to an aromatic ring is 1. The van der Waals surface area contributed by atoms with E-state index in [0.29, 0.717) is 0 Å². The third-order valence-electron chi connectivity index (χ3n) is 8.12. The molecule has 0 saturated carbocycles. The lowest BCUT2D eigenvalue weighted by Crippen LogP contribution is -1.91. The second kappa shape index (κ2) is 16.5. The van der Waals surface area contributed by atoms with Gasteiger partial charge in [0.25, 0.3) is 0 Å². The third-order valence-corrected chi connectivity index (χ3v) is 8.12. The monoisotopic (exact) mass is 612 g/mol. The third kappa shape index (κ3) is 8.93. The molecule has 0 unspecified atom stereocenters. The first kappa shape index (κ1) is 34.1. The average molecular weight is 613 g/mol. The summed E-state index contributed by atoms with van der Waals surface area (Å²) in [6.45, 7) is 14.7. The van der Waals surface area contributed by atoms with Crippen molar-refractivity contribution in [2.75, 3.05) is 5.73 Å². The molecule has 0 heterocycles. The van der Waals surface area contributed by atoms with Crippen LogP contribution in [0.1, 0.15) is 41.7 Å². The molecule has 2 heteroatoms. The predicted octanol–water partition coefficient (Wildman–Crippen LogP) is 12.4. The summed E-state index contributed by atoms with van der Waals surface area (Å²) < 4.78 is 0. The van der Waals surface area contributed by atoms with Crippen LogP contribution in [-0.4, -0.2) is 6.72 Å². The number of nitrogens with one attached hydrogen (secondary N) is 1. The Kier molecular flexibility index (Phi) is 12.0. The van der Waals surface area contributed by atoms with E-state index in [4.69, 9.17) is 11.1 Å². The van der Waals surface area contributed by atoms with Crippen molar-refractivity contribution in [2.24, 2.45) is 0 Å². The van der Waals surface area contributed by atoms with Crippen molar-refractivity contribution in [2.45, 2.75) is 27.7 Å². The Morgan fingerprint density at radius 2 is 1.09 bits per heavy atom. The zero-order chi connectivity index (χ0) is 33.8. The maximum absolute atomic E-state index is 6.45. The van der Waals surface area contributed by atoms with Gasteiger partial charge in [-0.25, -0.2) is 0 Å². The summed E-state index contributed by atoms with van der Waals surface area (Å²) in [7, 11) is 0. The number of benzene rings is 6. The summed E-state index contributed by atoms with van der Waals surface area (Å²) in [5, 5.41) is 5.50. The second-order valence-electron chi connectivity index (χ2n) is 11.6. The van der Waals surface area contributed by atoms with Crippen LogP contribution in [0.25, 0.3) is 50.6 Å². The lowest BCUT2D eigenvalue weighted by Gasteiger charge is -2.13. The van der Waals surface area contributed by atoms with Crippen molar-refractivity contribution in [1.82, 2.24) is 0 Å². The number of nitrogens with two attached hydrogens (primary N) is 1. The first-order chi connectivity index (χ1) is 22.8. The molecule has 0 radical (unpaired) electrons. The molecule has 6 aromatic rings. The molecule has 47 heavy (non-hydrogen) atoms. The van der Waals surface area contributed by atoms with E-state index in [9.17, 15) is 0 Å². The van der Waals surface area contributed by atoms with Crippen LogP contribution in [0, 0.1) is 19.3 Å². The molecule has 6 rings (SSSR count). The lowest BCUT2D eigenvalue weighted by atomic mass is 9.91. The summed E-state index contributed by atoms with van der Waals surface area (Å²) in [5.41, 5.74) is 22.9. The van der Waals surface area contributed by atoms with Crippen molar-refractivity contribution >= 4 is 29.6 Å². The van der Waals surface area contributed by atoms with E-state index >= 15 is 0 Å². The number of rotatable bonds is 6. The van der Waals surface area contributed by atoms with Gasteiger partial charge in [0.2, 0.25) is 0 Å². The van der Waals surface area contributed by atoms with Crippen molar-refractivity contribution in [1.29, 1.82) is 5.41 Å². The van der Waals surface area contributed by atoms with Crippen molar-refractivity contribution in [3.05, 3.63) is 180 Å². The molecule has 0 bridgehead atoms. The summed E-state index contributed by atoms with van der Waals surface area (Å²) in [4.78, 5) is 0. The topological polar surface area (TPSA) is 49.9 Å². The summed E-state index contributed by atoms with van der Waals surface area (Å²) >= 11 is 0. The molecule has 234 valence electrons. The number of aryl methyl sites for hydroxylation is 2. The molecule has 0 amide bonds. The molecule has 0 aliphatic rings. The van der Waals surface area contributed by atoms with Gasteiger partial charge >= 0.3 is 0 Å². The van der Waals surface area contributed by atoms with E-state index in [2.05, 4.69) is 168 Å². The van der Waals surface area contributed by atoms with Crippen LogP contribution >= 0.6 is 0 Å². The van der Waals surface area contributed by atoms with Gasteiger partial charge in [-0.3, -0.25) is 0 Å². The quantitative estimate of drug-likeness (QED) is 0.110. The molecule has 0 saturated heterocycles. The van der Waals surface area contributed by atoms with Crippen molar-refractivity contribution < 1.29 is 0 Å². The molecule has 0 spiro atoms. The van der Waals surface area contributed by atoms with Crippen LogP contribution in [0.15, 0.2) is 152 Å². The van der Waals surface area contributed by atoms with Gasteiger partial charge < -0.3 is 11.1 Å². The second-order valence-corrected chi connectivity index (χ2v) is 11.6. The van der Waals surface area contributed by atoms with E-state index in [0.717, 1.165) is 22.4 Å². The Bertz CT molecular complexity index is 1950. The van der Waals surface area contributed by atoms with E-state index in [1.165, 1.54) is 55.6 Å². The van der Waals surface area contributed by atoms with Crippen LogP contribution in [0.4, 0.5) is 5.69 Å². The van der Waals surface area contributed by atoms with Crippen LogP contribution in [0.2, 0.25) is 0 Å². The van der Waals surface area contributed by atoms with E-state index in [-0.39, 0.29) is 0 Å². The van der Waals surface area contributed by atoms with Crippen LogP contribution in [0.5, 0.6) is 0 Å². The molecule has 0 atom stereocenters. The Labute approximate surface area is 281 Å². The minimum absolute atomic E-state index is 0.788. The van der Waals surface area contributed by atoms with Gasteiger partial charge in [0.1, 0.15) is 0 Å². The van der Waals surface area contributed by atoms with Gasteiger partial charge in [-0.05, 0) is 108 Å². The zero-order valence-electron chi connectivity index (χ0n) is 27.9. The van der Waals surface area contributed by atoms with Crippen molar-refractivity contribution in [3.8, 4) is 33.4 Å². The normalized spacial score (nSPS) is 10.6. The van der Waals surface area contributed by atoms with Crippen LogP contribution < -0.4 is 5.73 Å². The standard InChI is InChI=1S/C35H31N.C9H10.CH3N/c1-24-12-14-28(15-13-24)30-20-21-31(35(36)23-30)22-26(3)27-16-18-29(19-17-27)33-10-6-7-11-34(33)32-9-5-4-8-25(32)2;1-8(2)9-6-4-3-5-7-9;1-2/h4-23H,36H2,1-3H3;3-7H,1H2,2H3;2H,1H2/b26-22+;;. The van der Waals surface area contributed by atoms with E-state index in [1.54, 1.807) is 0 Å². The fourth-order valence-corrected chi connectivity index (χ4v) is 5.43. The summed E-state index contributed by atoms with van der Waals surface area (Å²) in [5.74, 6) is 0. The molecule has 3 N–H and O–H groups in total. The Morgan fingerprint density at radius 1 is 0.553 bits per heavy atom. The molecule has 2 nitrogen and oxygen atoms in total. The molecular formula is C45H44N2. The number of allylic oxidation sites excluding steroid dienone is 2. The Morgan fingerprint density at radius 3 is 1.66 bits per heavy atom. The van der Waals surface area contributed by atoms with Gasteiger partial charge in [-0.2, -0.15) is 0 Å². The van der Waals surface area contributed by atoms with Crippen molar-refractivity contribution in [3.63, 3.8) is 0 Å². The zero-order valence-corrected chi connectivity index (χ0v) is 27.9. The van der Waals surface area contributed by atoms with E-state index < -0.39 is 0 Å². The van der Waals surface area contributed by atoms with Gasteiger partial charge in [0, 0.05) is 5.69 Å². The first-order valence-corrected chi connectivity index (χ1v) is 15.8. The molecule has 0 aromatic heterocycles. The maximum atomic E-state index is 6.45. The highest BCUT2D eigenvalue weighted by atomic mass is 14.6. The van der Waals surface area contributed by atoms with Gasteiger partial charge in [0.05, 0.1) is 0 Å². The highest BCUT2D eigenvalue weighted by molar-refractivity contribution is 5.88. The SMILES string of the molecule is C/C(=C\c1ccc(-c2ccc(C)cc2)cc1N)c1ccc(-c2ccccc2-c2ccccc2C)cc1.C=C(C)c1ccccc1.C=N.